The summed E-state index contributed by atoms with van der Waals surface area (Å²) in [7, 11) is 0. The molecule has 0 saturated carbocycles. The fraction of sp³-hybridized carbons (Fsp3) is 0.0769. The molecule has 0 saturated heterocycles. The maximum atomic E-state index is 10.7. The summed E-state index contributed by atoms with van der Waals surface area (Å²) in [5.41, 5.74) is 9.19. The summed E-state index contributed by atoms with van der Waals surface area (Å²) in [6.07, 6.45) is 1.68. The van der Waals surface area contributed by atoms with E-state index in [1.807, 2.05) is 13.0 Å². The standard InChI is InChI=1S/C13H11N5O2/c1-7-4-5-15-13-11(7)16-12(17-13)9-3-2-8(18(19)20)6-10(9)14/h2-6H,14H2,1H3,(H,15,16,17). The minimum atomic E-state index is -0.482. The molecule has 3 aromatic rings. The molecule has 0 aliphatic heterocycles. The van der Waals surface area contributed by atoms with Crippen molar-refractivity contribution in [2.75, 3.05) is 5.73 Å². The number of anilines is 1. The average molecular weight is 269 g/mol. The lowest BCUT2D eigenvalue weighted by atomic mass is 10.1. The number of pyridine rings is 1. The molecule has 0 bridgehead atoms. The molecular formula is C13H11N5O2. The zero-order valence-electron chi connectivity index (χ0n) is 10.6. The molecule has 20 heavy (non-hydrogen) atoms. The van der Waals surface area contributed by atoms with Gasteiger partial charge in [-0.15, -0.1) is 0 Å². The van der Waals surface area contributed by atoms with Gasteiger partial charge in [0.15, 0.2) is 5.65 Å². The number of nitro benzene ring substituents is 1. The number of nitrogen functional groups attached to an aromatic ring is 1. The fourth-order valence-corrected chi connectivity index (χ4v) is 2.04. The van der Waals surface area contributed by atoms with Crippen LogP contribution in [-0.2, 0) is 0 Å². The summed E-state index contributed by atoms with van der Waals surface area (Å²) in [6, 6.07) is 6.19. The molecule has 3 rings (SSSR count). The van der Waals surface area contributed by atoms with Gasteiger partial charge in [0.05, 0.1) is 10.4 Å². The van der Waals surface area contributed by atoms with E-state index >= 15 is 0 Å². The summed E-state index contributed by atoms with van der Waals surface area (Å²) < 4.78 is 0. The maximum Gasteiger partial charge on any atom is 0.271 e. The van der Waals surface area contributed by atoms with Crippen LogP contribution in [0.3, 0.4) is 0 Å². The van der Waals surface area contributed by atoms with Crippen molar-refractivity contribution in [3.8, 4) is 11.4 Å². The van der Waals surface area contributed by atoms with Crippen LogP contribution in [0.15, 0.2) is 30.5 Å². The molecule has 0 radical (unpaired) electrons. The quantitative estimate of drug-likeness (QED) is 0.421. The first-order valence-electron chi connectivity index (χ1n) is 5.92. The van der Waals surface area contributed by atoms with Gasteiger partial charge in [-0.1, -0.05) is 0 Å². The van der Waals surface area contributed by atoms with Gasteiger partial charge in [-0.3, -0.25) is 10.1 Å². The molecule has 0 spiro atoms. The molecule has 7 nitrogen and oxygen atoms in total. The average Bonchev–Trinajstić information content (AvgIpc) is 2.83. The minimum absolute atomic E-state index is 0.0448. The number of nitrogens with two attached hydrogens (primary N) is 1. The Kier molecular flexibility index (Phi) is 2.60. The fourth-order valence-electron chi connectivity index (χ4n) is 2.04. The number of aryl methyl sites for hydroxylation is 1. The van der Waals surface area contributed by atoms with E-state index in [0.29, 0.717) is 22.7 Å². The first kappa shape index (κ1) is 12.1. The number of non-ortho nitro benzene ring substituents is 1. The Morgan fingerprint density at radius 3 is 2.80 bits per heavy atom. The van der Waals surface area contributed by atoms with E-state index in [4.69, 9.17) is 5.73 Å². The molecule has 3 N–H and O–H groups in total. The Bertz CT molecular complexity index is 825. The van der Waals surface area contributed by atoms with E-state index in [9.17, 15) is 10.1 Å². The second kappa shape index (κ2) is 4.30. The van der Waals surface area contributed by atoms with Crippen LogP contribution in [0, 0.1) is 17.0 Å². The summed E-state index contributed by atoms with van der Waals surface area (Å²) >= 11 is 0. The van der Waals surface area contributed by atoms with Gasteiger partial charge < -0.3 is 10.7 Å². The van der Waals surface area contributed by atoms with E-state index in [1.165, 1.54) is 12.1 Å². The first-order valence-corrected chi connectivity index (χ1v) is 5.92. The molecule has 7 heteroatoms. The van der Waals surface area contributed by atoms with Crippen molar-refractivity contribution in [3.63, 3.8) is 0 Å². The van der Waals surface area contributed by atoms with E-state index in [0.717, 1.165) is 11.1 Å². The van der Waals surface area contributed by atoms with Crippen molar-refractivity contribution >= 4 is 22.5 Å². The minimum Gasteiger partial charge on any atom is -0.398 e. The normalized spacial score (nSPS) is 10.8. The van der Waals surface area contributed by atoms with Gasteiger partial charge in [-0.05, 0) is 24.6 Å². The lowest BCUT2D eigenvalue weighted by Crippen LogP contribution is -1.94. The van der Waals surface area contributed by atoms with Gasteiger partial charge >= 0.3 is 0 Å². The summed E-state index contributed by atoms with van der Waals surface area (Å²) in [6.45, 7) is 1.95. The lowest BCUT2D eigenvalue weighted by Gasteiger charge is -2.01. The number of hydrogen-bond donors (Lipinski definition) is 2. The Morgan fingerprint density at radius 2 is 2.15 bits per heavy atom. The van der Waals surface area contributed by atoms with Gasteiger partial charge in [0.1, 0.15) is 5.82 Å². The molecular weight excluding hydrogens is 258 g/mol. The highest BCUT2D eigenvalue weighted by Gasteiger charge is 2.13. The van der Waals surface area contributed by atoms with Gasteiger partial charge in [-0.25, -0.2) is 9.97 Å². The second-order valence-corrected chi connectivity index (χ2v) is 4.44. The highest BCUT2D eigenvalue weighted by atomic mass is 16.6. The highest BCUT2D eigenvalue weighted by Crippen LogP contribution is 2.29. The number of benzene rings is 1. The third kappa shape index (κ3) is 1.85. The topological polar surface area (TPSA) is 111 Å². The number of hydrogen-bond acceptors (Lipinski definition) is 5. The lowest BCUT2D eigenvalue weighted by molar-refractivity contribution is -0.384. The van der Waals surface area contributed by atoms with E-state index < -0.39 is 4.92 Å². The van der Waals surface area contributed by atoms with Crippen LogP contribution in [0.5, 0.6) is 0 Å². The van der Waals surface area contributed by atoms with Crippen LogP contribution < -0.4 is 5.73 Å². The molecule has 100 valence electrons. The zero-order valence-corrected chi connectivity index (χ0v) is 10.6. The number of aromatic amines is 1. The Labute approximate surface area is 113 Å². The van der Waals surface area contributed by atoms with Crippen LogP contribution in [-0.4, -0.2) is 19.9 Å². The summed E-state index contributed by atoms with van der Waals surface area (Å²) in [4.78, 5) is 21.9. The van der Waals surface area contributed by atoms with E-state index in [1.54, 1.807) is 12.3 Å². The number of nitro groups is 1. The van der Waals surface area contributed by atoms with Gasteiger partial charge in [0.2, 0.25) is 0 Å². The third-order valence-corrected chi connectivity index (χ3v) is 3.10. The number of rotatable bonds is 2. The van der Waals surface area contributed by atoms with Crippen molar-refractivity contribution in [1.82, 2.24) is 15.0 Å². The van der Waals surface area contributed by atoms with Crippen molar-refractivity contribution in [2.45, 2.75) is 6.92 Å². The predicted molar refractivity (Wildman–Crippen MR) is 75.1 cm³/mol. The molecule has 0 aliphatic rings. The molecule has 0 atom stereocenters. The van der Waals surface area contributed by atoms with Gasteiger partial charge in [0, 0.05) is 29.6 Å². The molecule has 1 aromatic carbocycles. The molecule has 0 fully saturated rings. The van der Waals surface area contributed by atoms with Crippen molar-refractivity contribution in [2.24, 2.45) is 0 Å². The molecule has 2 aromatic heterocycles. The van der Waals surface area contributed by atoms with Crippen LogP contribution in [0.1, 0.15) is 5.56 Å². The smallest absolute Gasteiger partial charge is 0.271 e. The van der Waals surface area contributed by atoms with Crippen molar-refractivity contribution in [1.29, 1.82) is 0 Å². The second-order valence-electron chi connectivity index (χ2n) is 4.44. The van der Waals surface area contributed by atoms with Crippen LogP contribution in [0.2, 0.25) is 0 Å². The summed E-state index contributed by atoms with van der Waals surface area (Å²) in [5.74, 6) is 0.550. The van der Waals surface area contributed by atoms with Crippen molar-refractivity contribution < 1.29 is 4.92 Å². The zero-order chi connectivity index (χ0) is 14.3. The number of nitrogens with one attached hydrogen (secondary N) is 1. The van der Waals surface area contributed by atoms with Crippen molar-refractivity contribution in [3.05, 3.63) is 46.1 Å². The Balaban J connectivity index is 2.16. The Hall–Kier alpha value is -2.96. The van der Waals surface area contributed by atoms with E-state index in [2.05, 4.69) is 15.0 Å². The SMILES string of the molecule is Cc1ccnc2nc(-c3ccc([N+](=O)[O-])cc3N)[nH]c12. The third-order valence-electron chi connectivity index (χ3n) is 3.10. The number of H-pyrrole nitrogens is 1. The first-order chi connectivity index (χ1) is 9.56. The van der Waals surface area contributed by atoms with Gasteiger partial charge in [0.25, 0.3) is 5.69 Å². The van der Waals surface area contributed by atoms with Gasteiger partial charge in [-0.2, -0.15) is 0 Å². The number of nitrogens with zero attached hydrogens (tertiary/aromatic N) is 3. The van der Waals surface area contributed by atoms with Crippen LogP contribution >= 0.6 is 0 Å². The Morgan fingerprint density at radius 1 is 1.35 bits per heavy atom. The number of aromatic nitrogens is 3. The molecule has 2 heterocycles. The summed E-state index contributed by atoms with van der Waals surface area (Å²) in [5, 5.41) is 10.7. The number of imidazole rings is 1. The number of fused-ring (bicyclic) bond motifs is 1. The molecule has 0 aliphatic carbocycles. The molecule has 0 unspecified atom stereocenters. The monoisotopic (exact) mass is 269 g/mol. The van der Waals surface area contributed by atoms with E-state index in [-0.39, 0.29) is 5.69 Å². The molecule has 0 amide bonds. The predicted octanol–water partition coefficient (Wildman–Crippen LogP) is 2.42. The highest BCUT2D eigenvalue weighted by molar-refractivity contribution is 5.82. The maximum absolute atomic E-state index is 10.7. The van der Waals surface area contributed by atoms with Crippen LogP contribution in [0.4, 0.5) is 11.4 Å². The largest absolute Gasteiger partial charge is 0.398 e. The van der Waals surface area contributed by atoms with Crippen LogP contribution in [0.25, 0.3) is 22.6 Å².